The van der Waals surface area contributed by atoms with Gasteiger partial charge in [-0.15, -0.1) is 0 Å². The van der Waals surface area contributed by atoms with Crippen molar-refractivity contribution in [3.05, 3.63) is 58.1 Å². The quantitative estimate of drug-likeness (QED) is 0.309. The van der Waals surface area contributed by atoms with E-state index < -0.39 is 20.2 Å². The van der Waals surface area contributed by atoms with Gasteiger partial charge in [0.05, 0.1) is 28.3 Å². The Morgan fingerprint density at radius 2 is 1.71 bits per heavy atom. The van der Waals surface area contributed by atoms with Crippen LogP contribution in [0.15, 0.2) is 52.4 Å². The Morgan fingerprint density at radius 3 is 2.44 bits per heavy atom. The maximum Gasteiger partial charge on any atom is 0.265 e. The first kappa shape index (κ1) is 25.1. The lowest BCUT2D eigenvalue weighted by Crippen LogP contribution is -2.36. The smallest absolute Gasteiger partial charge is 0.265 e. The molecule has 0 unspecified atom stereocenters. The summed E-state index contributed by atoms with van der Waals surface area (Å²) in [4.78, 5) is 3.12. The molecule has 0 atom stereocenters. The molecule has 0 aliphatic carbocycles. The largest absolute Gasteiger partial charge is 0.335 e. The fraction of sp³-hybridized carbons (Fsp3) is 0.318. The monoisotopic (exact) mass is 541 g/mol. The molecule has 0 radical (unpaired) electrons. The molecule has 0 spiro atoms. The summed E-state index contributed by atoms with van der Waals surface area (Å²) >= 11 is 3.16. The lowest BCUT2D eigenvalue weighted by atomic mass is 10.2. The number of thiazole rings is 1. The summed E-state index contributed by atoms with van der Waals surface area (Å²) in [5.41, 5.74) is 3.05. The summed E-state index contributed by atoms with van der Waals surface area (Å²) < 4.78 is 66.3. The second-order valence-corrected chi connectivity index (χ2v) is 13.3. The van der Waals surface area contributed by atoms with Gasteiger partial charge in [0.1, 0.15) is 4.70 Å². The number of thioether (sulfide) groups is 1. The third-order valence-corrected chi connectivity index (χ3v) is 9.17. The number of hydrogen-bond donors (Lipinski definition) is 2. The molecule has 1 aromatic heterocycles. The Labute approximate surface area is 207 Å². The van der Waals surface area contributed by atoms with E-state index in [9.17, 15) is 16.8 Å². The molecule has 0 bridgehead atoms. The SMILES string of the molecule is Cc1ccc2c(c1)N(CCCS(=O)(=O)O)/C(=C/c1sc3ccccc3[n+]1CCCS(=O)(=O)O)S2. The van der Waals surface area contributed by atoms with Crippen LogP contribution in [0.4, 0.5) is 5.69 Å². The van der Waals surface area contributed by atoms with Crippen LogP contribution < -0.4 is 9.47 Å². The summed E-state index contributed by atoms with van der Waals surface area (Å²) in [6, 6.07) is 14.0. The van der Waals surface area contributed by atoms with Gasteiger partial charge in [0, 0.05) is 23.9 Å². The number of para-hydroxylation sites is 1. The average Bonchev–Trinajstić information content (AvgIpc) is 3.24. The first-order valence-corrected chi connectivity index (χ1v) is 15.4. The Kier molecular flexibility index (Phi) is 7.36. The predicted octanol–water partition coefficient (Wildman–Crippen LogP) is 3.96. The molecule has 4 rings (SSSR count). The minimum Gasteiger partial charge on any atom is -0.335 e. The van der Waals surface area contributed by atoms with E-state index in [4.69, 9.17) is 9.11 Å². The van der Waals surface area contributed by atoms with Crippen molar-refractivity contribution in [3.63, 3.8) is 0 Å². The van der Waals surface area contributed by atoms with Crippen molar-refractivity contribution in [1.82, 2.24) is 0 Å². The molecule has 2 heterocycles. The van der Waals surface area contributed by atoms with E-state index in [1.165, 1.54) is 0 Å². The van der Waals surface area contributed by atoms with Crippen LogP contribution in [0.2, 0.25) is 0 Å². The van der Waals surface area contributed by atoms with Crippen LogP contribution >= 0.6 is 23.1 Å². The minimum absolute atomic E-state index is 0.269. The standard InChI is InChI=1S/C22H24N2O6S4/c1-16-8-9-20-18(14-16)24(11-5-13-34(28,29)30)22(32-20)15-21-23(10-4-12-33(25,26)27)17-6-2-3-7-19(17)31-21/h2-3,6-9,14-15H,4-5,10-13H2,1H3,(H-,25,26,27,28,29,30)/p+1. The van der Waals surface area contributed by atoms with Gasteiger partial charge in [0.25, 0.3) is 25.2 Å². The molecule has 0 fully saturated rings. The van der Waals surface area contributed by atoms with E-state index in [-0.39, 0.29) is 24.3 Å². The third kappa shape index (κ3) is 6.18. The van der Waals surface area contributed by atoms with Gasteiger partial charge >= 0.3 is 0 Å². The Bertz CT molecular complexity index is 1460. The highest BCUT2D eigenvalue weighted by atomic mass is 32.2. The van der Waals surface area contributed by atoms with Crippen LogP contribution in [-0.2, 0) is 26.8 Å². The fourth-order valence-corrected chi connectivity index (χ4v) is 7.15. The second-order valence-electron chi connectivity index (χ2n) is 8.05. The van der Waals surface area contributed by atoms with Crippen LogP contribution in [0.3, 0.4) is 0 Å². The number of anilines is 1. The topological polar surface area (TPSA) is 116 Å². The number of benzene rings is 2. The second kappa shape index (κ2) is 9.96. The molecular formula is C22H25N2O6S4+. The van der Waals surface area contributed by atoms with Gasteiger partial charge in [-0.25, -0.2) is 0 Å². The molecule has 1 aliphatic heterocycles. The highest BCUT2D eigenvalue weighted by molar-refractivity contribution is 8.04. The molecule has 3 aromatic rings. The average molecular weight is 542 g/mol. The molecule has 0 saturated carbocycles. The first-order chi connectivity index (χ1) is 16.0. The van der Waals surface area contributed by atoms with Gasteiger partial charge in [0.2, 0.25) is 5.52 Å². The van der Waals surface area contributed by atoms with Crippen LogP contribution in [-0.4, -0.2) is 44.0 Å². The number of aromatic nitrogens is 1. The van der Waals surface area contributed by atoms with E-state index in [2.05, 4.69) is 11.0 Å². The normalized spacial score (nSPS) is 15.4. The van der Waals surface area contributed by atoms with Gasteiger partial charge in [-0.1, -0.05) is 41.3 Å². The fourth-order valence-electron chi connectivity index (χ4n) is 3.86. The molecule has 12 heteroatoms. The molecule has 34 heavy (non-hydrogen) atoms. The van der Waals surface area contributed by atoms with Crippen molar-refractivity contribution in [3.8, 4) is 0 Å². The van der Waals surface area contributed by atoms with Gasteiger partial charge < -0.3 is 4.90 Å². The van der Waals surface area contributed by atoms with Crippen molar-refractivity contribution in [1.29, 1.82) is 0 Å². The number of hydrogen-bond acceptors (Lipinski definition) is 7. The summed E-state index contributed by atoms with van der Waals surface area (Å²) in [5, 5.41) is 1.84. The van der Waals surface area contributed by atoms with Gasteiger partial charge in [-0.05, 0) is 37.1 Å². The Morgan fingerprint density at radius 1 is 1.00 bits per heavy atom. The zero-order valence-electron chi connectivity index (χ0n) is 18.4. The van der Waals surface area contributed by atoms with Crippen molar-refractivity contribution in [2.75, 3.05) is 23.0 Å². The zero-order chi connectivity index (χ0) is 24.5. The van der Waals surface area contributed by atoms with Crippen LogP contribution in [0.25, 0.3) is 16.3 Å². The van der Waals surface area contributed by atoms with E-state index in [0.717, 1.165) is 36.4 Å². The molecule has 0 saturated heterocycles. The van der Waals surface area contributed by atoms with Crippen molar-refractivity contribution in [2.24, 2.45) is 0 Å². The van der Waals surface area contributed by atoms with Gasteiger partial charge in [0.15, 0.2) is 6.54 Å². The van der Waals surface area contributed by atoms with Crippen LogP contribution in [0.5, 0.6) is 0 Å². The molecule has 0 amide bonds. The number of aryl methyl sites for hydroxylation is 2. The Balaban J connectivity index is 1.70. The van der Waals surface area contributed by atoms with Crippen LogP contribution in [0.1, 0.15) is 23.4 Å². The number of nitrogens with zero attached hydrogens (tertiary/aromatic N) is 2. The molecule has 2 aromatic carbocycles. The molecule has 1 aliphatic rings. The number of rotatable bonds is 9. The highest BCUT2D eigenvalue weighted by Gasteiger charge is 2.28. The summed E-state index contributed by atoms with van der Waals surface area (Å²) in [5.74, 6) is -0.636. The van der Waals surface area contributed by atoms with Crippen molar-refractivity contribution < 1.29 is 30.5 Å². The summed E-state index contributed by atoms with van der Waals surface area (Å²) in [6.45, 7) is 2.84. The molecule has 182 valence electrons. The maximum absolute atomic E-state index is 11.2. The van der Waals surface area contributed by atoms with E-state index in [0.29, 0.717) is 13.1 Å². The predicted molar refractivity (Wildman–Crippen MR) is 136 cm³/mol. The molecule has 8 nitrogen and oxygen atoms in total. The maximum atomic E-state index is 11.2. The number of fused-ring (bicyclic) bond motifs is 2. The molecular weight excluding hydrogens is 517 g/mol. The summed E-state index contributed by atoms with van der Waals surface area (Å²) in [7, 11) is -8.09. The van der Waals surface area contributed by atoms with Crippen molar-refractivity contribution >= 4 is 65.3 Å². The zero-order valence-corrected chi connectivity index (χ0v) is 21.7. The highest BCUT2D eigenvalue weighted by Crippen LogP contribution is 2.47. The summed E-state index contributed by atoms with van der Waals surface area (Å²) in [6.07, 6.45) is 2.57. The van der Waals surface area contributed by atoms with Crippen molar-refractivity contribution in [2.45, 2.75) is 31.2 Å². The Hall–Kier alpha value is -1.96. The van der Waals surface area contributed by atoms with Gasteiger partial charge in [-0.2, -0.15) is 21.4 Å². The van der Waals surface area contributed by atoms with Crippen LogP contribution in [0, 0.1) is 6.92 Å². The lowest BCUT2D eigenvalue weighted by molar-refractivity contribution is -0.668. The third-order valence-electron chi connectivity index (χ3n) is 5.34. The van der Waals surface area contributed by atoms with E-state index in [1.54, 1.807) is 23.1 Å². The first-order valence-electron chi connectivity index (χ1n) is 10.6. The minimum atomic E-state index is -4.05. The molecule has 2 N–H and O–H groups in total. The van der Waals surface area contributed by atoms with E-state index >= 15 is 0 Å². The lowest BCUT2D eigenvalue weighted by Gasteiger charge is -2.20. The van der Waals surface area contributed by atoms with Gasteiger partial charge in [-0.3, -0.25) is 9.11 Å². The van der Waals surface area contributed by atoms with E-state index in [1.807, 2.05) is 54.0 Å².